The van der Waals surface area contributed by atoms with E-state index in [1.165, 1.54) is 0 Å². The molecule has 1 unspecified atom stereocenters. The average Bonchev–Trinajstić information content (AvgIpc) is 2.81. The molecule has 2 rings (SSSR count). The van der Waals surface area contributed by atoms with Crippen LogP contribution in [0, 0.1) is 0 Å². The summed E-state index contributed by atoms with van der Waals surface area (Å²) in [5.74, 6) is 0. The summed E-state index contributed by atoms with van der Waals surface area (Å²) in [7, 11) is 1.75. The summed E-state index contributed by atoms with van der Waals surface area (Å²) in [6.45, 7) is 10.6. The molecule has 0 fully saturated rings. The van der Waals surface area contributed by atoms with Crippen molar-refractivity contribution in [2.45, 2.75) is 58.7 Å². The molecule has 0 spiro atoms. The van der Waals surface area contributed by atoms with Gasteiger partial charge >= 0.3 is 0 Å². The number of methoxy groups -OCH3 is 1. The molecule has 116 valence electrons. The first-order valence-electron chi connectivity index (χ1n) is 7.47. The first kappa shape index (κ1) is 15.8. The maximum atomic E-state index is 5.48. The Bertz CT molecular complexity index is 603. The first-order chi connectivity index (χ1) is 9.82. The van der Waals surface area contributed by atoms with E-state index in [-0.39, 0.29) is 5.60 Å². The van der Waals surface area contributed by atoms with Crippen molar-refractivity contribution in [1.82, 2.24) is 14.8 Å². The fourth-order valence-corrected chi connectivity index (χ4v) is 2.55. The van der Waals surface area contributed by atoms with Crippen LogP contribution in [-0.4, -0.2) is 33.5 Å². The van der Waals surface area contributed by atoms with Crippen LogP contribution in [0.3, 0.4) is 0 Å². The van der Waals surface area contributed by atoms with Gasteiger partial charge in [0.2, 0.25) is 0 Å². The zero-order valence-corrected chi connectivity index (χ0v) is 13.8. The minimum Gasteiger partial charge on any atom is -0.381 e. The van der Waals surface area contributed by atoms with E-state index in [4.69, 9.17) is 4.74 Å². The molecule has 5 heteroatoms. The van der Waals surface area contributed by atoms with Gasteiger partial charge in [-0.15, -0.1) is 0 Å². The molecule has 0 saturated heterocycles. The van der Waals surface area contributed by atoms with E-state index in [0.29, 0.717) is 12.1 Å². The first-order valence-corrected chi connectivity index (χ1v) is 7.47. The van der Waals surface area contributed by atoms with Crippen LogP contribution in [0.2, 0.25) is 0 Å². The maximum Gasteiger partial charge on any atom is 0.158 e. The normalized spacial score (nSPS) is 13.9. The van der Waals surface area contributed by atoms with E-state index >= 15 is 0 Å². The molecular formula is C16H26N4O. The second-order valence-corrected chi connectivity index (χ2v) is 6.53. The minimum atomic E-state index is -0.132. The van der Waals surface area contributed by atoms with Crippen LogP contribution >= 0.6 is 0 Å². The van der Waals surface area contributed by atoms with Crippen molar-refractivity contribution >= 4 is 16.7 Å². The van der Waals surface area contributed by atoms with Gasteiger partial charge in [0.25, 0.3) is 0 Å². The van der Waals surface area contributed by atoms with E-state index in [2.05, 4.69) is 56.1 Å². The van der Waals surface area contributed by atoms with Crippen molar-refractivity contribution in [2.24, 2.45) is 0 Å². The van der Waals surface area contributed by atoms with Gasteiger partial charge in [-0.2, -0.15) is 5.10 Å². The molecule has 0 bridgehead atoms. The fourth-order valence-electron chi connectivity index (χ4n) is 2.55. The third kappa shape index (κ3) is 3.73. The van der Waals surface area contributed by atoms with Crippen molar-refractivity contribution in [3.63, 3.8) is 0 Å². The number of anilines is 1. The van der Waals surface area contributed by atoms with Gasteiger partial charge in [-0.1, -0.05) is 0 Å². The van der Waals surface area contributed by atoms with Crippen molar-refractivity contribution < 1.29 is 4.74 Å². The Balaban J connectivity index is 2.13. The molecule has 0 aliphatic rings. The van der Waals surface area contributed by atoms with Crippen LogP contribution in [0.25, 0.3) is 11.0 Å². The average molecular weight is 290 g/mol. The summed E-state index contributed by atoms with van der Waals surface area (Å²) in [5.41, 5.74) is 1.82. The van der Waals surface area contributed by atoms with Gasteiger partial charge in [-0.05, 0) is 47.1 Å². The standard InChI is InChI=1S/C16H26N4O/c1-11(2)20-15-13(9-18-20)7-14(10-17-15)19-12(3)8-16(4,5)21-6/h7,9-12,19H,8H2,1-6H3. The number of aromatic nitrogens is 3. The summed E-state index contributed by atoms with van der Waals surface area (Å²) < 4.78 is 7.42. The van der Waals surface area contributed by atoms with Gasteiger partial charge in [-0.25, -0.2) is 9.67 Å². The second-order valence-electron chi connectivity index (χ2n) is 6.53. The van der Waals surface area contributed by atoms with E-state index in [9.17, 15) is 0 Å². The van der Waals surface area contributed by atoms with Crippen LogP contribution in [-0.2, 0) is 4.74 Å². The summed E-state index contributed by atoms with van der Waals surface area (Å²) >= 11 is 0. The molecule has 0 saturated carbocycles. The summed E-state index contributed by atoms with van der Waals surface area (Å²) in [4.78, 5) is 4.54. The highest BCUT2D eigenvalue weighted by atomic mass is 16.5. The van der Waals surface area contributed by atoms with E-state index in [1.54, 1.807) is 7.11 Å². The van der Waals surface area contributed by atoms with Gasteiger partial charge < -0.3 is 10.1 Å². The molecular weight excluding hydrogens is 264 g/mol. The van der Waals surface area contributed by atoms with E-state index < -0.39 is 0 Å². The van der Waals surface area contributed by atoms with Crippen LogP contribution in [0.4, 0.5) is 5.69 Å². The maximum absolute atomic E-state index is 5.48. The number of ether oxygens (including phenoxy) is 1. The lowest BCUT2D eigenvalue weighted by atomic mass is 10.00. The summed E-state index contributed by atoms with van der Waals surface area (Å²) in [6.07, 6.45) is 4.67. The number of rotatable bonds is 6. The highest BCUT2D eigenvalue weighted by Gasteiger charge is 2.20. The lowest BCUT2D eigenvalue weighted by molar-refractivity contribution is 0.0128. The molecule has 1 N–H and O–H groups in total. The number of hydrogen-bond donors (Lipinski definition) is 1. The Labute approximate surface area is 126 Å². The van der Waals surface area contributed by atoms with Crippen molar-refractivity contribution in [3.05, 3.63) is 18.5 Å². The van der Waals surface area contributed by atoms with E-state index in [1.807, 2.05) is 17.1 Å². The molecule has 0 aliphatic heterocycles. The molecule has 2 aromatic heterocycles. The van der Waals surface area contributed by atoms with Crippen LogP contribution in [0.5, 0.6) is 0 Å². The highest BCUT2D eigenvalue weighted by molar-refractivity contribution is 5.78. The number of nitrogens with one attached hydrogen (secondary N) is 1. The third-order valence-electron chi connectivity index (χ3n) is 3.69. The lowest BCUT2D eigenvalue weighted by Gasteiger charge is -2.27. The second kappa shape index (κ2) is 6.02. The molecule has 1 atom stereocenters. The molecule has 5 nitrogen and oxygen atoms in total. The molecule has 0 aliphatic carbocycles. The molecule has 0 amide bonds. The van der Waals surface area contributed by atoms with Crippen LogP contribution < -0.4 is 5.32 Å². The summed E-state index contributed by atoms with van der Waals surface area (Å²) in [5, 5.41) is 8.94. The Hall–Kier alpha value is -1.62. The third-order valence-corrected chi connectivity index (χ3v) is 3.69. The predicted molar refractivity (Wildman–Crippen MR) is 86.7 cm³/mol. The van der Waals surface area contributed by atoms with Crippen molar-refractivity contribution in [1.29, 1.82) is 0 Å². The van der Waals surface area contributed by atoms with Crippen LogP contribution in [0.1, 0.15) is 47.1 Å². The van der Waals surface area contributed by atoms with Gasteiger partial charge in [-0.3, -0.25) is 0 Å². The predicted octanol–water partition coefficient (Wildman–Crippen LogP) is 3.63. The number of hydrogen-bond acceptors (Lipinski definition) is 4. The molecule has 2 heterocycles. The van der Waals surface area contributed by atoms with Gasteiger partial charge in [0.05, 0.1) is 23.7 Å². The molecule has 0 radical (unpaired) electrons. The minimum absolute atomic E-state index is 0.132. The van der Waals surface area contributed by atoms with Crippen molar-refractivity contribution in [3.8, 4) is 0 Å². The topological polar surface area (TPSA) is 52.0 Å². The Morgan fingerprint density at radius 2 is 2.00 bits per heavy atom. The number of pyridine rings is 1. The molecule has 0 aromatic carbocycles. The lowest BCUT2D eigenvalue weighted by Crippen LogP contribution is -2.31. The Kier molecular flexibility index (Phi) is 4.52. The SMILES string of the molecule is COC(C)(C)CC(C)Nc1cnc2c(cnn2C(C)C)c1. The molecule has 2 aromatic rings. The molecule has 21 heavy (non-hydrogen) atoms. The number of nitrogens with zero attached hydrogens (tertiary/aromatic N) is 3. The highest BCUT2D eigenvalue weighted by Crippen LogP contribution is 2.22. The Morgan fingerprint density at radius 3 is 2.62 bits per heavy atom. The summed E-state index contributed by atoms with van der Waals surface area (Å²) in [6, 6.07) is 2.72. The number of fused-ring (bicyclic) bond motifs is 1. The zero-order valence-electron chi connectivity index (χ0n) is 13.8. The fraction of sp³-hybridized carbons (Fsp3) is 0.625. The van der Waals surface area contributed by atoms with Gasteiger partial charge in [0.1, 0.15) is 0 Å². The monoisotopic (exact) mass is 290 g/mol. The van der Waals surface area contributed by atoms with Gasteiger partial charge in [0.15, 0.2) is 5.65 Å². The zero-order chi connectivity index (χ0) is 15.6. The Morgan fingerprint density at radius 1 is 1.29 bits per heavy atom. The van der Waals surface area contributed by atoms with Crippen molar-refractivity contribution in [2.75, 3.05) is 12.4 Å². The van der Waals surface area contributed by atoms with E-state index in [0.717, 1.165) is 23.1 Å². The largest absolute Gasteiger partial charge is 0.381 e. The van der Waals surface area contributed by atoms with Crippen LogP contribution in [0.15, 0.2) is 18.5 Å². The smallest absolute Gasteiger partial charge is 0.158 e. The quantitative estimate of drug-likeness (QED) is 0.882. The van der Waals surface area contributed by atoms with Gasteiger partial charge in [0, 0.05) is 24.6 Å².